The summed E-state index contributed by atoms with van der Waals surface area (Å²) < 4.78 is 2.97. The maximum absolute atomic E-state index is 4.91. The van der Waals surface area contributed by atoms with E-state index in [0.717, 1.165) is 16.7 Å². The van der Waals surface area contributed by atoms with Crippen LogP contribution in [0.15, 0.2) is 152 Å². The average Bonchev–Trinajstić information content (AvgIpc) is 3.51. The first-order valence-electron chi connectivity index (χ1n) is 15.0. The summed E-state index contributed by atoms with van der Waals surface area (Å²) in [4.78, 5) is 14.6. The smallest absolute Gasteiger partial charge is 0.0512 e. The molecule has 0 aliphatic heterocycles. The van der Waals surface area contributed by atoms with E-state index in [1.807, 2.05) is 60.7 Å². The van der Waals surface area contributed by atoms with Crippen LogP contribution >= 0.6 is 0 Å². The van der Waals surface area contributed by atoms with Crippen molar-refractivity contribution >= 4 is 55.3 Å². The standard InChI is InChI=1S/C41H25N3Se/c1-3-9-29(10-4-1)39-42-40(30-11-5-2-6-12-30)44-41(43-39)31-20-15-26(16-21-31)32-22-18-27-17-19-28-23-24-34-33-13-7-8-14-36(33)45-38(34)37(28)35(27)25-32/h1-25H. The summed E-state index contributed by atoms with van der Waals surface area (Å²) in [6, 6.07) is 53.7. The van der Waals surface area contributed by atoms with E-state index < -0.39 is 0 Å². The molecule has 0 fully saturated rings. The van der Waals surface area contributed by atoms with Crippen LogP contribution in [0.4, 0.5) is 0 Å². The SMILES string of the molecule is c1ccc(-c2nc(-c3ccccc3)nc(-c3ccc(-c4ccc5ccc6ccc7c8ccccc8[se]c7c6c5c4)cc3)n2)cc1. The summed E-state index contributed by atoms with van der Waals surface area (Å²) >= 11 is 0.291. The molecule has 0 aliphatic carbocycles. The molecule has 0 spiro atoms. The van der Waals surface area contributed by atoms with Crippen molar-refractivity contribution in [1.29, 1.82) is 0 Å². The zero-order valence-corrected chi connectivity index (χ0v) is 25.9. The van der Waals surface area contributed by atoms with Gasteiger partial charge in [0.05, 0.1) is 0 Å². The Kier molecular flexibility index (Phi) is 6.15. The molecule has 7 aromatic carbocycles. The molecule has 0 N–H and O–H groups in total. The Morgan fingerprint density at radius 3 is 1.56 bits per heavy atom. The number of fused-ring (bicyclic) bond motifs is 7. The third-order valence-electron chi connectivity index (χ3n) is 8.52. The van der Waals surface area contributed by atoms with Gasteiger partial charge in [-0.1, -0.05) is 60.7 Å². The van der Waals surface area contributed by atoms with E-state index in [0.29, 0.717) is 32.0 Å². The molecular formula is C41H25N3Se. The van der Waals surface area contributed by atoms with Gasteiger partial charge in [0.25, 0.3) is 0 Å². The topological polar surface area (TPSA) is 38.7 Å². The minimum atomic E-state index is 0.291. The molecule has 0 atom stereocenters. The third-order valence-corrected chi connectivity index (χ3v) is 11.0. The predicted molar refractivity (Wildman–Crippen MR) is 189 cm³/mol. The minimum absolute atomic E-state index is 0.291. The van der Waals surface area contributed by atoms with E-state index in [1.54, 1.807) is 0 Å². The van der Waals surface area contributed by atoms with Gasteiger partial charge in [-0.05, 0) is 0 Å². The fraction of sp³-hybridized carbons (Fsp3) is 0. The monoisotopic (exact) mass is 639 g/mol. The Bertz CT molecular complexity index is 2460. The normalized spacial score (nSPS) is 11.6. The fourth-order valence-electron chi connectivity index (χ4n) is 6.25. The quantitative estimate of drug-likeness (QED) is 0.142. The molecule has 210 valence electrons. The fourth-order valence-corrected chi connectivity index (χ4v) is 8.92. The molecular weight excluding hydrogens is 613 g/mol. The maximum Gasteiger partial charge on any atom is -0.0512 e. The first kappa shape index (κ1) is 26.0. The predicted octanol–water partition coefficient (Wildman–Crippen LogP) is 10.2. The van der Waals surface area contributed by atoms with E-state index in [9.17, 15) is 0 Å². The molecule has 2 aromatic heterocycles. The Morgan fingerprint density at radius 2 is 0.867 bits per heavy atom. The summed E-state index contributed by atoms with van der Waals surface area (Å²) in [5.74, 6) is 2.00. The van der Waals surface area contributed by atoms with Crippen LogP contribution in [-0.4, -0.2) is 29.5 Å². The largest absolute Gasteiger partial charge is 0.0615 e. The van der Waals surface area contributed by atoms with Crippen LogP contribution < -0.4 is 0 Å². The molecule has 0 unspecified atom stereocenters. The van der Waals surface area contributed by atoms with Crippen LogP contribution in [0.1, 0.15) is 0 Å². The number of benzene rings is 7. The molecule has 0 saturated carbocycles. The van der Waals surface area contributed by atoms with Crippen molar-refractivity contribution in [3.8, 4) is 45.3 Å². The molecule has 4 heteroatoms. The van der Waals surface area contributed by atoms with Crippen molar-refractivity contribution in [2.45, 2.75) is 0 Å². The molecule has 2 heterocycles. The second-order valence-corrected chi connectivity index (χ2v) is 13.5. The van der Waals surface area contributed by atoms with Gasteiger partial charge in [0.15, 0.2) is 0 Å². The van der Waals surface area contributed by atoms with Crippen LogP contribution in [0.2, 0.25) is 0 Å². The molecule has 0 bridgehead atoms. The Balaban J connectivity index is 1.16. The van der Waals surface area contributed by atoms with E-state index in [-0.39, 0.29) is 0 Å². The van der Waals surface area contributed by atoms with Crippen molar-refractivity contribution < 1.29 is 0 Å². The molecule has 45 heavy (non-hydrogen) atoms. The van der Waals surface area contributed by atoms with Crippen molar-refractivity contribution in [3.05, 3.63) is 152 Å². The number of nitrogens with zero attached hydrogens (tertiary/aromatic N) is 3. The Labute approximate surface area is 266 Å². The molecule has 0 radical (unpaired) electrons. The third kappa shape index (κ3) is 4.55. The van der Waals surface area contributed by atoms with Gasteiger partial charge in [0.2, 0.25) is 0 Å². The maximum atomic E-state index is 4.91. The minimum Gasteiger partial charge on any atom is -0.0615 e. The number of hydrogen-bond donors (Lipinski definition) is 0. The summed E-state index contributed by atoms with van der Waals surface area (Å²) in [5.41, 5.74) is 5.26. The van der Waals surface area contributed by atoms with Crippen molar-refractivity contribution in [1.82, 2.24) is 15.0 Å². The van der Waals surface area contributed by atoms with Gasteiger partial charge in [-0.15, -0.1) is 0 Å². The van der Waals surface area contributed by atoms with Crippen molar-refractivity contribution in [3.63, 3.8) is 0 Å². The van der Waals surface area contributed by atoms with Gasteiger partial charge in [0, 0.05) is 11.1 Å². The molecule has 9 aromatic rings. The Hall–Kier alpha value is -5.41. The number of aromatic nitrogens is 3. The van der Waals surface area contributed by atoms with Crippen LogP contribution in [0.25, 0.3) is 86.1 Å². The molecule has 0 aliphatic rings. The van der Waals surface area contributed by atoms with Gasteiger partial charge in [-0.25, -0.2) is 4.98 Å². The Morgan fingerprint density at radius 1 is 0.356 bits per heavy atom. The number of rotatable bonds is 4. The van der Waals surface area contributed by atoms with E-state index >= 15 is 0 Å². The van der Waals surface area contributed by atoms with Crippen LogP contribution in [0.5, 0.6) is 0 Å². The van der Waals surface area contributed by atoms with Gasteiger partial charge < -0.3 is 0 Å². The first-order chi connectivity index (χ1) is 22.3. The summed E-state index contributed by atoms with van der Waals surface area (Å²) in [6.07, 6.45) is 0. The summed E-state index contributed by atoms with van der Waals surface area (Å²) in [6.45, 7) is 0. The van der Waals surface area contributed by atoms with E-state index in [1.165, 1.54) is 52.0 Å². The summed E-state index contributed by atoms with van der Waals surface area (Å²) in [5, 5.41) is 8.08. The summed E-state index contributed by atoms with van der Waals surface area (Å²) in [7, 11) is 0. The van der Waals surface area contributed by atoms with Gasteiger partial charge >= 0.3 is 190 Å². The van der Waals surface area contributed by atoms with Crippen LogP contribution in [0.3, 0.4) is 0 Å². The van der Waals surface area contributed by atoms with E-state index in [2.05, 4.69) is 91.0 Å². The zero-order chi connectivity index (χ0) is 29.7. The molecule has 9 rings (SSSR count). The molecule has 0 saturated heterocycles. The van der Waals surface area contributed by atoms with Gasteiger partial charge in [-0.2, -0.15) is 0 Å². The van der Waals surface area contributed by atoms with Crippen LogP contribution in [-0.2, 0) is 0 Å². The molecule has 0 amide bonds. The second-order valence-electron chi connectivity index (χ2n) is 11.3. The van der Waals surface area contributed by atoms with Crippen molar-refractivity contribution in [2.75, 3.05) is 0 Å². The molecule has 3 nitrogen and oxygen atoms in total. The van der Waals surface area contributed by atoms with Crippen molar-refractivity contribution in [2.24, 2.45) is 0 Å². The van der Waals surface area contributed by atoms with E-state index in [4.69, 9.17) is 15.0 Å². The first-order valence-corrected chi connectivity index (χ1v) is 16.7. The zero-order valence-electron chi connectivity index (χ0n) is 24.2. The number of hydrogen-bond acceptors (Lipinski definition) is 3. The van der Waals surface area contributed by atoms with Crippen LogP contribution in [0, 0.1) is 0 Å². The van der Waals surface area contributed by atoms with Gasteiger partial charge in [-0.3, -0.25) is 0 Å². The average molecular weight is 639 g/mol. The second kappa shape index (κ2) is 10.6. The van der Waals surface area contributed by atoms with Gasteiger partial charge in [0.1, 0.15) is 0 Å².